The fraction of sp³-hybridized carbons (Fsp3) is 0.625. The van der Waals surface area contributed by atoms with Crippen molar-refractivity contribution in [2.75, 3.05) is 18.0 Å². The maximum Gasteiger partial charge on any atom is 0.124 e. The highest BCUT2D eigenvalue weighted by Gasteiger charge is 2.36. The van der Waals surface area contributed by atoms with Crippen molar-refractivity contribution in [3.8, 4) is 0 Å². The second-order valence-corrected chi connectivity index (χ2v) is 6.74. The van der Waals surface area contributed by atoms with E-state index in [-0.39, 0.29) is 11.4 Å². The number of nitrogens with zero attached hydrogens (tertiary/aromatic N) is 1. The number of hydrogen-bond donors (Lipinski definition) is 1. The van der Waals surface area contributed by atoms with Gasteiger partial charge in [-0.05, 0) is 37.5 Å². The summed E-state index contributed by atoms with van der Waals surface area (Å²) in [7, 11) is 0. The molecule has 1 aromatic rings. The predicted octanol–water partition coefficient (Wildman–Crippen LogP) is 4.08. The quantitative estimate of drug-likeness (QED) is 0.904. The largest absolute Gasteiger partial charge is 0.364 e. The average Bonchev–Trinajstić information content (AvgIpc) is 2.38. The van der Waals surface area contributed by atoms with Gasteiger partial charge in [0.25, 0.3) is 0 Å². The van der Waals surface area contributed by atoms with Crippen LogP contribution >= 0.6 is 11.6 Å². The van der Waals surface area contributed by atoms with E-state index < -0.39 is 0 Å². The molecule has 0 amide bonds. The van der Waals surface area contributed by atoms with Gasteiger partial charge in [-0.1, -0.05) is 32.4 Å². The molecule has 1 fully saturated rings. The molecule has 2 nitrogen and oxygen atoms in total. The Morgan fingerprint density at radius 1 is 1.50 bits per heavy atom. The summed E-state index contributed by atoms with van der Waals surface area (Å²) in [6.45, 7) is 10.7. The third-order valence-electron chi connectivity index (χ3n) is 4.43. The Balaban J connectivity index is 2.36. The van der Waals surface area contributed by atoms with Gasteiger partial charge in [0.05, 0.1) is 10.7 Å². The van der Waals surface area contributed by atoms with E-state index in [0.717, 1.165) is 25.2 Å². The summed E-state index contributed by atoms with van der Waals surface area (Å²) in [6, 6.07) is 5.07. The van der Waals surface area contributed by atoms with Gasteiger partial charge in [-0.2, -0.15) is 0 Å². The molecule has 0 saturated carbocycles. The van der Waals surface area contributed by atoms with Gasteiger partial charge in [-0.3, -0.25) is 0 Å². The van der Waals surface area contributed by atoms with Gasteiger partial charge in [0.1, 0.15) is 5.82 Å². The Morgan fingerprint density at radius 3 is 2.75 bits per heavy atom. The van der Waals surface area contributed by atoms with Gasteiger partial charge in [0.15, 0.2) is 0 Å². The van der Waals surface area contributed by atoms with Crippen LogP contribution in [0.1, 0.15) is 34.1 Å². The first-order chi connectivity index (χ1) is 9.36. The number of nitrogens with one attached hydrogen (secondary N) is 1. The number of piperazine rings is 1. The zero-order valence-electron chi connectivity index (χ0n) is 12.7. The van der Waals surface area contributed by atoms with Crippen molar-refractivity contribution in [3.05, 3.63) is 29.0 Å². The molecule has 0 bridgehead atoms. The molecule has 1 heterocycles. The monoisotopic (exact) mass is 298 g/mol. The lowest BCUT2D eigenvalue weighted by Gasteiger charge is -2.49. The van der Waals surface area contributed by atoms with Gasteiger partial charge in [0, 0.05) is 24.7 Å². The first kappa shape index (κ1) is 15.6. The van der Waals surface area contributed by atoms with Crippen molar-refractivity contribution < 1.29 is 4.39 Å². The number of benzene rings is 1. The highest BCUT2D eigenvalue weighted by atomic mass is 35.5. The van der Waals surface area contributed by atoms with Crippen LogP contribution in [0.2, 0.25) is 5.02 Å². The molecule has 0 radical (unpaired) electrons. The van der Waals surface area contributed by atoms with Crippen molar-refractivity contribution in [1.29, 1.82) is 0 Å². The zero-order valence-corrected chi connectivity index (χ0v) is 13.5. The maximum absolute atomic E-state index is 13.3. The lowest BCUT2D eigenvalue weighted by atomic mass is 9.89. The van der Waals surface area contributed by atoms with Gasteiger partial charge in [0.2, 0.25) is 0 Å². The summed E-state index contributed by atoms with van der Waals surface area (Å²) in [4.78, 5) is 2.34. The van der Waals surface area contributed by atoms with Crippen molar-refractivity contribution in [1.82, 2.24) is 5.32 Å². The summed E-state index contributed by atoms with van der Waals surface area (Å²) in [5.41, 5.74) is 1.01. The van der Waals surface area contributed by atoms with E-state index in [0.29, 0.717) is 17.0 Å². The minimum atomic E-state index is -0.284. The molecule has 20 heavy (non-hydrogen) atoms. The molecule has 1 saturated heterocycles. The topological polar surface area (TPSA) is 15.3 Å². The molecular formula is C16H24ClFN2. The van der Waals surface area contributed by atoms with Crippen LogP contribution in [-0.2, 0) is 0 Å². The first-order valence-corrected chi connectivity index (χ1v) is 7.71. The lowest BCUT2D eigenvalue weighted by molar-refractivity contribution is 0.253. The number of rotatable bonds is 3. The Hall–Kier alpha value is -0.800. The van der Waals surface area contributed by atoms with Crippen LogP contribution in [0.3, 0.4) is 0 Å². The molecular weight excluding hydrogens is 275 g/mol. The standard InChI is InChI=1S/C16H24ClFN2/c1-5-16(4)10-20(15(9-19-16)11(2)3)14-7-6-12(18)8-13(14)17/h6-8,11,15,19H,5,9-10H2,1-4H3. The smallest absolute Gasteiger partial charge is 0.124 e. The highest BCUT2D eigenvalue weighted by molar-refractivity contribution is 6.33. The Kier molecular flexibility index (Phi) is 4.60. The second-order valence-electron chi connectivity index (χ2n) is 6.33. The van der Waals surface area contributed by atoms with Crippen LogP contribution in [0, 0.1) is 11.7 Å². The van der Waals surface area contributed by atoms with Crippen molar-refractivity contribution in [2.24, 2.45) is 5.92 Å². The predicted molar refractivity (Wildman–Crippen MR) is 84.1 cm³/mol. The van der Waals surface area contributed by atoms with Crippen LogP contribution in [0.4, 0.5) is 10.1 Å². The third kappa shape index (κ3) is 3.09. The second kappa shape index (κ2) is 5.90. The molecule has 2 unspecified atom stereocenters. The maximum atomic E-state index is 13.3. The van der Waals surface area contributed by atoms with Gasteiger partial charge in [-0.25, -0.2) is 4.39 Å². The van der Waals surface area contributed by atoms with Crippen molar-refractivity contribution in [3.63, 3.8) is 0 Å². The normalized spacial score (nSPS) is 27.1. The Labute approximate surface area is 126 Å². The van der Waals surface area contributed by atoms with E-state index in [2.05, 4.69) is 37.9 Å². The van der Waals surface area contributed by atoms with Gasteiger partial charge in [-0.15, -0.1) is 0 Å². The van der Waals surface area contributed by atoms with Crippen molar-refractivity contribution in [2.45, 2.75) is 45.7 Å². The molecule has 1 aliphatic rings. The van der Waals surface area contributed by atoms with Crippen LogP contribution in [0.15, 0.2) is 18.2 Å². The molecule has 4 heteroatoms. The molecule has 2 atom stereocenters. The SMILES string of the molecule is CCC1(C)CN(c2ccc(F)cc2Cl)C(C(C)C)CN1. The molecule has 1 aliphatic heterocycles. The molecule has 1 aromatic carbocycles. The fourth-order valence-corrected chi connectivity index (χ4v) is 3.10. The minimum absolute atomic E-state index is 0.0725. The van der Waals surface area contributed by atoms with E-state index in [9.17, 15) is 4.39 Å². The summed E-state index contributed by atoms with van der Waals surface area (Å²) >= 11 is 6.27. The summed E-state index contributed by atoms with van der Waals surface area (Å²) in [5, 5.41) is 4.14. The van der Waals surface area contributed by atoms with E-state index >= 15 is 0 Å². The lowest BCUT2D eigenvalue weighted by Crippen LogP contribution is -2.64. The minimum Gasteiger partial charge on any atom is -0.364 e. The Morgan fingerprint density at radius 2 is 2.20 bits per heavy atom. The molecule has 1 N–H and O–H groups in total. The molecule has 0 spiro atoms. The number of anilines is 1. The van der Waals surface area contributed by atoms with Crippen LogP contribution in [0.5, 0.6) is 0 Å². The van der Waals surface area contributed by atoms with Crippen molar-refractivity contribution >= 4 is 17.3 Å². The number of hydrogen-bond acceptors (Lipinski definition) is 2. The van der Waals surface area contributed by atoms with E-state index in [1.54, 1.807) is 6.07 Å². The average molecular weight is 299 g/mol. The van der Waals surface area contributed by atoms with E-state index in [1.807, 2.05) is 0 Å². The zero-order chi connectivity index (χ0) is 14.9. The van der Waals surface area contributed by atoms with E-state index in [1.165, 1.54) is 12.1 Å². The van der Waals surface area contributed by atoms with Gasteiger partial charge < -0.3 is 10.2 Å². The summed E-state index contributed by atoms with van der Waals surface area (Å²) in [5.74, 6) is 0.221. The van der Waals surface area contributed by atoms with Gasteiger partial charge >= 0.3 is 0 Å². The van der Waals surface area contributed by atoms with E-state index in [4.69, 9.17) is 11.6 Å². The number of halogens is 2. The van der Waals surface area contributed by atoms with Crippen LogP contribution < -0.4 is 10.2 Å². The Bertz CT molecular complexity index is 478. The molecule has 112 valence electrons. The van der Waals surface area contributed by atoms with Crippen LogP contribution in [-0.4, -0.2) is 24.7 Å². The molecule has 0 aromatic heterocycles. The highest BCUT2D eigenvalue weighted by Crippen LogP contribution is 2.33. The third-order valence-corrected chi connectivity index (χ3v) is 4.73. The molecule has 0 aliphatic carbocycles. The summed E-state index contributed by atoms with van der Waals surface area (Å²) < 4.78 is 13.3. The summed E-state index contributed by atoms with van der Waals surface area (Å²) in [6.07, 6.45) is 1.05. The molecule has 2 rings (SSSR count). The first-order valence-electron chi connectivity index (χ1n) is 7.33. The fourth-order valence-electron chi connectivity index (χ4n) is 2.82. The van der Waals surface area contributed by atoms with Crippen LogP contribution in [0.25, 0.3) is 0 Å².